The second-order valence-electron chi connectivity index (χ2n) is 5.02. The Labute approximate surface area is 131 Å². The lowest BCUT2D eigenvalue weighted by atomic mass is 9.89. The zero-order valence-corrected chi connectivity index (χ0v) is 14.0. The van der Waals surface area contributed by atoms with Gasteiger partial charge >= 0.3 is 6.18 Å². The lowest BCUT2D eigenvalue weighted by Crippen LogP contribution is -2.37. The van der Waals surface area contributed by atoms with Gasteiger partial charge in [0.15, 0.2) is 0 Å². The van der Waals surface area contributed by atoms with Crippen LogP contribution in [-0.2, 0) is 11.0 Å². The largest absolute Gasteiger partial charge is 0.395 e. The lowest BCUT2D eigenvalue weighted by Gasteiger charge is -2.29. The summed E-state index contributed by atoms with van der Waals surface area (Å²) in [7, 11) is -1.87. The molecule has 1 rings (SSSR count). The summed E-state index contributed by atoms with van der Waals surface area (Å²) in [5, 5.41) is 5.28. The molecule has 114 valence electrons. The van der Waals surface area contributed by atoms with Crippen LogP contribution in [0.1, 0.15) is 31.7 Å². The fraction of sp³-hybridized carbons (Fsp3) is 0.500. The molecule has 1 aromatic carbocycles. The van der Waals surface area contributed by atoms with Crippen molar-refractivity contribution in [2.45, 2.75) is 37.1 Å². The Bertz CT molecular complexity index is 522. The Balaban J connectivity index is 3.24. The molecule has 2 N–H and O–H groups in total. The fourth-order valence-corrected chi connectivity index (χ4v) is 2.90. The van der Waals surface area contributed by atoms with E-state index in [1.807, 2.05) is 0 Å². The SMILES string of the molecule is CC(C)(C[C@@H](c1ccc(Br)cc1Cl)C(F)(F)F)S(N)=O. The monoisotopic (exact) mass is 391 g/mol. The van der Waals surface area contributed by atoms with Crippen LogP contribution in [0.15, 0.2) is 22.7 Å². The maximum absolute atomic E-state index is 13.3. The van der Waals surface area contributed by atoms with Crippen LogP contribution >= 0.6 is 27.5 Å². The van der Waals surface area contributed by atoms with Crippen LogP contribution in [0.3, 0.4) is 0 Å². The van der Waals surface area contributed by atoms with Crippen LogP contribution in [0.5, 0.6) is 0 Å². The van der Waals surface area contributed by atoms with Crippen LogP contribution < -0.4 is 5.14 Å². The van der Waals surface area contributed by atoms with Crippen molar-refractivity contribution < 1.29 is 17.4 Å². The molecule has 1 unspecified atom stereocenters. The number of nitrogens with two attached hydrogens (primary N) is 1. The fourth-order valence-electron chi connectivity index (χ4n) is 1.76. The van der Waals surface area contributed by atoms with E-state index >= 15 is 0 Å². The van der Waals surface area contributed by atoms with Gasteiger partial charge in [-0.2, -0.15) is 13.2 Å². The minimum atomic E-state index is -4.49. The zero-order valence-electron chi connectivity index (χ0n) is 10.8. The van der Waals surface area contributed by atoms with Gasteiger partial charge in [0.2, 0.25) is 0 Å². The number of halogens is 5. The van der Waals surface area contributed by atoms with Crippen molar-refractivity contribution in [3.05, 3.63) is 33.3 Å². The van der Waals surface area contributed by atoms with E-state index in [2.05, 4.69) is 15.9 Å². The third-order valence-electron chi connectivity index (χ3n) is 2.97. The van der Waals surface area contributed by atoms with E-state index in [4.69, 9.17) is 16.7 Å². The number of hydrogen-bond donors (Lipinski definition) is 1. The van der Waals surface area contributed by atoms with Crippen LogP contribution in [0.25, 0.3) is 0 Å². The molecule has 1 aromatic rings. The van der Waals surface area contributed by atoms with Crippen LogP contribution in [0.2, 0.25) is 5.02 Å². The second kappa shape index (κ2) is 6.34. The Morgan fingerprint density at radius 3 is 2.35 bits per heavy atom. The van der Waals surface area contributed by atoms with E-state index in [1.54, 1.807) is 0 Å². The summed E-state index contributed by atoms with van der Waals surface area (Å²) in [6.07, 6.45) is -4.89. The topological polar surface area (TPSA) is 43.1 Å². The van der Waals surface area contributed by atoms with Gasteiger partial charge in [-0.25, -0.2) is 4.21 Å². The second-order valence-corrected chi connectivity index (χ2v) is 8.04. The molecule has 0 aromatic heterocycles. The molecule has 0 aliphatic carbocycles. The smallest absolute Gasteiger partial charge is 0.251 e. The number of alkyl halides is 3. The molecule has 0 aliphatic heterocycles. The number of benzene rings is 1. The maximum Gasteiger partial charge on any atom is 0.395 e. The van der Waals surface area contributed by atoms with Crippen LogP contribution in [-0.4, -0.2) is 15.1 Å². The van der Waals surface area contributed by atoms with Crippen molar-refractivity contribution in [2.24, 2.45) is 5.14 Å². The summed E-state index contributed by atoms with van der Waals surface area (Å²) >= 11 is 9.05. The molecule has 0 radical (unpaired) electrons. The average Bonchev–Trinajstić information content (AvgIpc) is 2.25. The van der Waals surface area contributed by atoms with Crippen molar-refractivity contribution in [3.8, 4) is 0 Å². The van der Waals surface area contributed by atoms with Crippen molar-refractivity contribution in [3.63, 3.8) is 0 Å². The molecule has 0 saturated heterocycles. The molecular formula is C12H14BrClF3NOS. The third-order valence-corrected chi connectivity index (χ3v) is 5.05. The van der Waals surface area contributed by atoms with Gasteiger partial charge in [-0.05, 0) is 38.0 Å². The first-order valence-electron chi connectivity index (χ1n) is 5.63. The summed E-state index contributed by atoms with van der Waals surface area (Å²) in [6.45, 7) is 2.88. The van der Waals surface area contributed by atoms with Gasteiger partial charge in [0.05, 0.1) is 21.7 Å². The van der Waals surface area contributed by atoms with E-state index in [9.17, 15) is 17.4 Å². The summed E-state index contributed by atoms with van der Waals surface area (Å²) in [5.74, 6) is -1.81. The molecule has 0 spiro atoms. The summed E-state index contributed by atoms with van der Waals surface area (Å²) in [4.78, 5) is 0. The van der Waals surface area contributed by atoms with Crippen molar-refractivity contribution >= 4 is 38.5 Å². The summed E-state index contributed by atoms with van der Waals surface area (Å²) in [6, 6.07) is 4.22. The minimum absolute atomic E-state index is 0.0142. The van der Waals surface area contributed by atoms with E-state index < -0.39 is 34.2 Å². The Morgan fingerprint density at radius 2 is 1.95 bits per heavy atom. The first kappa shape index (κ1) is 17.9. The highest BCUT2D eigenvalue weighted by molar-refractivity contribution is 9.10. The van der Waals surface area contributed by atoms with Gasteiger partial charge in [0, 0.05) is 9.50 Å². The molecule has 0 aliphatic rings. The molecule has 8 heteroatoms. The predicted octanol–water partition coefficient (Wildman–Crippen LogP) is 4.54. The highest BCUT2D eigenvalue weighted by atomic mass is 79.9. The van der Waals surface area contributed by atoms with Gasteiger partial charge in [-0.3, -0.25) is 5.14 Å². The molecule has 0 fully saturated rings. The highest BCUT2D eigenvalue weighted by Crippen LogP contribution is 2.44. The Hall–Kier alpha value is -0.110. The van der Waals surface area contributed by atoms with Crippen molar-refractivity contribution in [2.75, 3.05) is 0 Å². The van der Waals surface area contributed by atoms with E-state index in [-0.39, 0.29) is 10.6 Å². The predicted molar refractivity (Wildman–Crippen MR) is 79.0 cm³/mol. The third kappa shape index (κ3) is 4.44. The average molecular weight is 393 g/mol. The summed E-state index contributed by atoms with van der Waals surface area (Å²) in [5.41, 5.74) is -0.0408. The normalized spacial score (nSPS) is 16.0. The summed E-state index contributed by atoms with van der Waals surface area (Å²) < 4.78 is 50.6. The molecule has 2 atom stereocenters. The van der Waals surface area contributed by atoms with Gasteiger partial charge < -0.3 is 0 Å². The van der Waals surface area contributed by atoms with E-state index in [1.165, 1.54) is 32.0 Å². The quantitative estimate of drug-likeness (QED) is 0.803. The van der Waals surface area contributed by atoms with Gasteiger partial charge in [0.25, 0.3) is 0 Å². The zero-order chi connectivity index (χ0) is 15.7. The Kier molecular flexibility index (Phi) is 5.68. The van der Waals surface area contributed by atoms with Gasteiger partial charge in [-0.1, -0.05) is 33.6 Å². The van der Waals surface area contributed by atoms with Crippen molar-refractivity contribution in [1.29, 1.82) is 0 Å². The van der Waals surface area contributed by atoms with Crippen molar-refractivity contribution in [1.82, 2.24) is 0 Å². The van der Waals surface area contributed by atoms with Gasteiger partial charge in [0.1, 0.15) is 0 Å². The lowest BCUT2D eigenvalue weighted by molar-refractivity contribution is -0.153. The maximum atomic E-state index is 13.3. The van der Waals surface area contributed by atoms with Gasteiger partial charge in [-0.15, -0.1) is 0 Å². The molecule has 0 amide bonds. The minimum Gasteiger partial charge on any atom is -0.251 e. The van der Waals surface area contributed by atoms with E-state index in [0.717, 1.165) is 0 Å². The molecule has 20 heavy (non-hydrogen) atoms. The molecule has 0 bridgehead atoms. The highest BCUT2D eigenvalue weighted by Gasteiger charge is 2.45. The standard InChI is InChI=1S/C12H14BrClF3NOS/c1-11(2,20(18)19)6-9(12(15,16)17)8-4-3-7(13)5-10(8)14/h3-5,9H,6,18H2,1-2H3/t9-,20?/m0/s1. The van der Waals surface area contributed by atoms with Crippen LogP contribution in [0, 0.1) is 0 Å². The molecule has 2 nitrogen and oxygen atoms in total. The Morgan fingerprint density at radius 1 is 1.40 bits per heavy atom. The number of hydrogen-bond acceptors (Lipinski definition) is 1. The molecule has 0 saturated carbocycles. The number of rotatable bonds is 4. The van der Waals surface area contributed by atoms with E-state index in [0.29, 0.717) is 4.47 Å². The van der Waals surface area contributed by atoms with Crippen LogP contribution in [0.4, 0.5) is 13.2 Å². The molecular weight excluding hydrogens is 379 g/mol. The first-order chi connectivity index (χ1) is 8.95. The molecule has 0 heterocycles. The first-order valence-corrected chi connectivity index (χ1v) is 8.01.